The van der Waals surface area contributed by atoms with Gasteiger partial charge in [0.25, 0.3) is 0 Å². The number of amides is 1. The van der Waals surface area contributed by atoms with Crippen molar-refractivity contribution in [2.75, 3.05) is 25.0 Å². The van der Waals surface area contributed by atoms with Gasteiger partial charge in [0.15, 0.2) is 0 Å². The first-order valence-electron chi connectivity index (χ1n) is 6.58. The largest absolute Gasteiger partial charge is 0.464 e. The van der Waals surface area contributed by atoms with Crippen molar-refractivity contribution >= 4 is 22.7 Å². The molecule has 2 aromatic rings. The van der Waals surface area contributed by atoms with Crippen molar-refractivity contribution in [1.82, 2.24) is 10.3 Å². The average molecular weight is 259 g/mol. The van der Waals surface area contributed by atoms with Crippen molar-refractivity contribution in [2.45, 2.75) is 12.8 Å². The van der Waals surface area contributed by atoms with Gasteiger partial charge >= 0.3 is 0 Å². The van der Waals surface area contributed by atoms with Crippen molar-refractivity contribution in [1.29, 1.82) is 0 Å². The number of nitrogens with zero attached hydrogens (tertiary/aromatic N) is 2. The fourth-order valence-electron chi connectivity index (χ4n) is 2.72. The molecule has 3 heterocycles. The van der Waals surface area contributed by atoms with Gasteiger partial charge in [-0.25, -0.2) is 4.98 Å². The number of carbonyl (C=O) groups excluding carboxylic acids is 1. The molecule has 1 atom stereocenters. The van der Waals surface area contributed by atoms with Crippen molar-refractivity contribution in [3.05, 3.63) is 24.6 Å². The van der Waals surface area contributed by atoms with Gasteiger partial charge in [0.1, 0.15) is 11.4 Å². The van der Waals surface area contributed by atoms with Gasteiger partial charge in [-0.1, -0.05) is 0 Å². The molecule has 0 aliphatic carbocycles. The van der Waals surface area contributed by atoms with Crippen LogP contribution in [0.4, 0.5) is 5.82 Å². The molecule has 0 saturated carbocycles. The minimum Gasteiger partial charge on any atom is -0.464 e. The predicted molar refractivity (Wildman–Crippen MR) is 73.0 cm³/mol. The number of aromatic nitrogens is 1. The lowest BCUT2D eigenvalue weighted by Gasteiger charge is -2.32. The standard InChI is InChI=1S/C14H17N3O2/c1-15-14(18)10-3-2-7-17(9-10)13-11-5-8-19-12(11)4-6-16-13/h4-6,8,10H,2-3,7,9H2,1H3,(H,15,18). The Labute approximate surface area is 111 Å². The number of furan rings is 1. The van der Waals surface area contributed by atoms with E-state index in [4.69, 9.17) is 4.42 Å². The molecule has 0 bridgehead atoms. The molecule has 5 nitrogen and oxygen atoms in total. The molecular formula is C14H17N3O2. The summed E-state index contributed by atoms with van der Waals surface area (Å²) in [6.45, 7) is 1.65. The van der Waals surface area contributed by atoms with Gasteiger partial charge < -0.3 is 14.6 Å². The van der Waals surface area contributed by atoms with Crippen LogP contribution in [-0.2, 0) is 4.79 Å². The topological polar surface area (TPSA) is 58.4 Å². The van der Waals surface area contributed by atoms with Crippen molar-refractivity contribution in [2.24, 2.45) is 5.92 Å². The van der Waals surface area contributed by atoms with Gasteiger partial charge in [0.2, 0.25) is 5.91 Å². The van der Waals surface area contributed by atoms with Gasteiger partial charge in [-0.05, 0) is 25.0 Å². The number of hydrogen-bond acceptors (Lipinski definition) is 4. The van der Waals surface area contributed by atoms with Crippen LogP contribution in [-0.4, -0.2) is 31.0 Å². The van der Waals surface area contributed by atoms with Gasteiger partial charge in [-0.3, -0.25) is 4.79 Å². The average Bonchev–Trinajstić information content (AvgIpc) is 2.94. The van der Waals surface area contributed by atoms with E-state index in [1.165, 1.54) is 0 Å². The highest BCUT2D eigenvalue weighted by molar-refractivity contribution is 5.89. The Morgan fingerprint density at radius 1 is 1.53 bits per heavy atom. The molecule has 0 aromatic carbocycles. The summed E-state index contributed by atoms with van der Waals surface area (Å²) in [7, 11) is 1.69. The lowest BCUT2D eigenvalue weighted by Crippen LogP contribution is -2.42. The first kappa shape index (κ1) is 12.0. The van der Waals surface area contributed by atoms with Crippen LogP contribution in [0.5, 0.6) is 0 Å². The van der Waals surface area contributed by atoms with E-state index in [2.05, 4.69) is 15.2 Å². The van der Waals surface area contributed by atoms with Crippen molar-refractivity contribution < 1.29 is 9.21 Å². The second-order valence-corrected chi connectivity index (χ2v) is 4.87. The summed E-state index contributed by atoms with van der Waals surface area (Å²) < 4.78 is 5.40. The molecular weight excluding hydrogens is 242 g/mol. The summed E-state index contributed by atoms with van der Waals surface area (Å²) in [5.74, 6) is 1.08. The van der Waals surface area contributed by atoms with E-state index >= 15 is 0 Å². The SMILES string of the molecule is CNC(=O)C1CCCN(c2nccc3occc23)C1. The molecule has 1 unspecified atom stereocenters. The van der Waals surface area contributed by atoms with Crippen molar-refractivity contribution in [3.8, 4) is 0 Å². The molecule has 100 valence electrons. The molecule has 1 saturated heterocycles. The van der Waals surface area contributed by atoms with Gasteiger partial charge in [0.05, 0.1) is 17.6 Å². The molecule has 1 fully saturated rings. The van der Waals surface area contributed by atoms with Crippen molar-refractivity contribution in [3.63, 3.8) is 0 Å². The molecule has 3 rings (SSSR count). The fraction of sp³-hybridized carbons (Fsp3) is 0.429. The predicted octanol–water partition coefficient (Wildman–Crippen LogP) is 1.79. The third kappa shape index (κ3) is 2.16. The van der Waals surface area contributed by atoms with E-state index in [-0.39, 0.29) is 11.8 Å². The number of fused-ring (bicyclic) bond motifs is 1. The minimum absolute atomic E-state index is 0.0442. The Morgan fingerprint density at radius 3 is 3.26 bits per heavy atom. The second kappa shape index (κ2) is 4.91. The maximum absolute atomic E-state index is 11.8. The number of pyridine rings is 1. The smallest absolute Gasteiger partial charge is 0.224 e. The third-order valence-electron chi connectivity index (χ3n) is 3.70. The second-order valence-electron chi connectivity index (χ2n) is 4.87. The first-order valence-corrected chi connectivity index (χ1v) is 6.58. The molecule has 19 heavy (non-hydrogen) atoms. The van der Waals surface area contributed by atoms with Crippen LogP contribution < -0.4 is 10.2 Å². The molecule has 0 spiro atoms. The maximum atomic E-state index is 11.8. The fourth-order valence-corrected chi connectivity index (χ4v) is 2.72. The van der Waals surface area contributed by atoms with Gasteiger partial charge in [-0.2, -0.15) is 0 Å². The highest BCUT2D eigenvalue weighted by Crippen LogP contribution is 2.28. The molecule has 1 amide bonds. The molecule has 1 aliphatic heterocycles. The zero-order valence-electron chi connectivity index (χ0n) is 10.9. The van der Waals surface area contributed by atoms with Crippen LogP contribution >= 0.6 is 0 Å². The number of carbonyl (C=O) groups is 1. The van der Waals surface area contributed by atoms with Crippen LogP contribution in [0, 0.1) is 5.92 Å². The highest BCUT2D eigenvalue weighted by Gasteiger charge is 2.26. The van der Waals surface area contributed by atoms with Crippen LogP contribution in [0.2, 0.25) is 0 Å². The number of hydrogen-bond donors (Lipinski definition) is 1. The third-order valence-corrected chi connectivity index (χ3v) is 3.70. The normalized spacial score (nSPS) is 19.6. The summed E-state index contributed by atoms with van der Waals surface area (Å²) in [6.07, 6.45) is 5.38. The Kier molecular flexibility index (Phi) is 3.11. The summed E-state index contributed by atoms with van der Waals surface area (Å²) >= 11 is 0. The van der Waals surface area contributed by atoms with E-state index in [9.17, 15) is 4.79 Å². The number of piperidine rings is 1. The van der Waals surface area contributed by atoms with Gasteiger partial charge in [-0.15, -0.1) is 0 Å². The molecule has 5 heteroatoms. The van der Waals surface area contributed by atoms with E-state index in [1.807, 2.05) is 12.1 Å². The minimum atomic E-state index is 0.0442. The van der Waals surface area contributed by atoms with E-state index in [0.29, 0.717) is 0 Å². The zero-order valence-corrected chi connectivity index (χ0v) is 10.9. The Balaban J connectivity index is 1.89. The lowest BCUT2D eigenvalue weighted by atomic mass is 9.97. The molecule has 0 radical (unpaired) electrons. The molecule has 2 aromatic heterocycles. The molecule has 1 aliphatic rings. The Bertz CT molecular complexity index is 593. The Hall–Kier alpha value is -2.04. The maximum Gasteiger partial charge on any atom is 0.224 e. The van der Waals surface area contributed by atoms with Crippen LogP contribution in [0.1, 0.15) is 12.8 Å². The van der Waals surface area contributed by atoms with Crippen LogP contribution in [0.15, 0.2) is 29.0 Å². The highest BCUT2D eigenvalue weighted by atomic mass is 16.3. The lowest BCUT2D eigenvalue weighted by molar-refractivity contribution is -0.124. The summed E-state index contributed by atoms with van der Waals surface area (Å²) in [4.78, 5) is 18.4. The van der Waals surface area contributed by atoms with Gasteiger partial charge in [0, 0.05) is 26.3 Å². The monoisotopic (exact) mass is 259 g/mol. The summed E-state index contributed by atoms with van der Waals surface area (Å²) in [5.41, 5.74) is 0.840. The van der Waals surface area contributed by atoms with Crippen LogP contribution in [0.25, 0.3) is 11.0 Å². The Morgan fingerprint density at radius 2 is 2.42 bits per heavy atom. The summed E-state index contributed by atoms with van der Waals surface area (Å²) in [5, 5.41) is 3.75. The van der Waals surface area contributed by atoms with E-state index in [1.54, 1.807) is 19.5 Å². The van der Waals surface area contributed by atoms with Crippen LogP contribution in [0.3, 0.4) is 0 Å². The summed E-state index contributed by atoms with van der Waals surface area (Å²) in [6, 6.07) is 3.79. The number of nitrogens with one attached hydrogen (secondary N) is 1. The quantitative estimate of drug-likeness (QED) is 0.893. The number of rotatable bonds is 2. The number of anilines is 1. The molecule has 1 N–H and O–H groups in total. The van der Waals surface area contributed by atoms with E-state index < -0.39 is 0 Å². The first-order chi connectivity index (χ1) is 9.29. The zero-order chi connectivity index (χ0) is 13.2. The van der Waals surface area contributed by atoms with E-state index in [0.717, 1.165) is 42.7 Å².